The number of hydrogen-bond donors (Lipinski definition) is 2. The molecule has 7 heteroatoms. The lowest BCUT2D eigenvalue weighted by molar-refractivity contribution is 0.600. The van der Waals surface area contributed by atoms with Crippen molar-refractivity contribution >= 4 is 21.5 Å². The molecule has 0 amide bonds. The summed E-state index contributed by atoms with van der Waals surface area (Å²) in [5.41, 5.74) is 8.05. The van der Waals surface area contributed by atoms with E-state index in [1.807, 2.05) is 32.9 Å². The first-order valence-corrected chi connectivity index (χ1v) is 7.75. The summed E-state index contributed by atoms with van der Waals surface area (Å²) in [6.07, 6.45) is 1.43. The van der Waals surface area contributed by atoms with Crippen LogP contribution in [0.4, 0.5) is 11.5 Å². The molecule has 6 nitrogen and oxygen atoms in total. The molecule has 2 rings (SSSR count). The zero-order valence-electron chi connectivity index (χ0n) is 11.7. The van der Waals surface area contributed by atoms with Crippen LogP contribution >= 0.6 is 0 Å². The standard InChI is InChI=1S/C13H18N4O2S/c1-4-17-8-12(13(14)15-17)20(18,19)16-11-7-9(2)5-6-10(11)3/h5-8,16H,4H2,1-3H3,(H2,14,15). The van der Waals surface area contributed by atoms with Crippen LogP contribution in [0.15, 0.2) is 29.3 Å². The molecule has 0 aliphatic heterocycles. The SMILES string of the molecule is CCn1cc(S(=O)(=O)Nc2cc(C)ccc2C)c(N)n1. The van der Waals surface area contributed by atoms with Crippen LogP contribution in [0.25, 0.3) is 0 Å². The predicted molar refractivity (Wildman–Crippen MR) is 79.0 cm³/mol. The fourth-order valence-corrected chi connectivity index (χ4v) is 3.03. The normalized spacial score (nSPS) is 11.6. The highest BCUT2D eigenvalue weighted by Crippen LogP contribution is 2.23. The van der Waals surface area contributed by atoms with E-state index >= 15 is 0 Å². The van der Waals surface area contributed by atoms with Gasteiger partial charge in [0.05, 0.1) is 5.69 Å². The molecule has 2 aromatic rings. The molecular weight excluding hydrogens is 276 g/mol. The van der Waals surface area contributed by atoms with E-state index in [0.29, 0.717) is 12.2 Å². The summed E-state index contributed by atoms with van der Waals surface area (Å²) in [6, 6.07) is 5.58. The zero-order chi connectivity index (χ0) is 14.9. The molecule has 0 saturated heterocycles. The van der Waals surface area contributed by atoms with Crippen LogP contribution in [0.5, 0.6) is 0 Å². The van der Waals surface area contributed by atoms with Gasteiger partial charge in [0, 0.05) is 12.7 Å². The average molecular weight is 294 g/mol. The minimum absolute atomic E-state index is 0.000237. The van der Waals surface area contributed by atoms with Crippen molar-refractivity contribution in [2.24, 2.45) is 0 Å². The number of benzene rings is 1. The van der Waals surface area contributed by atoms with Crippen LogP contribution in [-0.4, -0.2) is 18.2 Å². The molecule has 20 heavy (non-hydrogen) atoms. The first-order chi connectivity index (χ1) is 9.33. The molecule has 108 valence electrons. The monoisotopic (exact) mass is 294 g/mol. The summed E-state index contributed by atoms with van der Waals surface area (Å²) in [5, 5.41) is 3.95. The fourth-order valence-electron chi connectivity index (χ4n) is 1.83. The van der Waals surface area contributed by atoms with Crippen LogP contribution in [0.1, 0.15) is 18.1 Å². The lowest BCUT2D eigenvalue weighted by Gasteiger charge is -2.10. The fraction of sp³-hybridized carbons (Fsp3) is 0.308. The van der Waals surface area contributed by atoms with Gasteiger partial charge in [-0.25, -0.2) is 8.42 Å². The summed E-state index contributed by atoms with van der Waals surface area (Å²) >= 11 is 0. The molecule has 0 radical (unpaired) electrons. The van der Waals surface area contributed by atoms with Gasteiger partial charge in [-0.2, -0.15) is 5.10 Å². The molecule has 1 aromatic heterocycles. The van der Waals surface area contributed by atoms with Gasteiger partial charge in [0.15, 0.2) is 5.82 Å². The van der Waals surface area contributed by atoms with E-state index in [4.69, 9.17) is 5.73 Å². The van der Waals surface area contributed by atoms with Crippen molar-refractivity contribution in [1.29, 1.82) is 0 Å². The molecule has 0 spiro atoms. The number of nitrogens with zero attached hydrogens (tertiary/aromatic N) is 2. The Hall–Kier alpha value is -2.02. The van der Waals surface area contributed by atoms with E-state index in [0.717, 1.165) is 11.1 Å². The van der Waals surface area contributed by atoms with E-state index in [1.165, 1.54) is 10.9 Å². The second-order valence-electron chi connectivity index (χ2n) is 4.66. The predicted octanol–water partition coefficient (Wildman–Crippen LogP) is 1.90. The second kappa shape index (κ2) is 5.16. The summed E-state index contributed by atoms with van der Waals surface area (Å²) < 4.78 is 28.8. The number of nitrogens with one attached hydrogen (secondary N) is 1. The summed E-state index contributed by atoms with van der Waals surface area (Å²) in [4.78, 5) is 0.000237. The smallest absolute Gasteiger partial charge is 0.267 e. The molecule has 0 atom stereocenters. The van der Waals surface area contributed by atoms with Crippen molar-refractivity contribution in [2.45, 2.75) is 32.2 Å². The molecule has 0 aliphatic rings. The maximum atomic E-state index is 12.4. The summed E-state index contributed by atoms with van der Waals surface area (Å²) in [7, 11) is -3.73. The third-order valence-corrected chi connectivity index (χ3v) is 4.39. The lowest BCUT2D eigenvalue weighted by Crippen LogP contribution is -2.14. The summed E-state index contributed by atoms with van der Waals surface area (Å²) in [5.74, 6) is 0.00431. The largest absolute Gasteiger partial charge is 0.381 e. The Morgan fingerprint density at radius 2 is 2.05 bits per heavy atom. The maximum absolute atomic E-state index is 12.4. The Labute approximate surface area is 118 Å². The summed E-state index contributed by atoms with van der Waals surface area (Å²) in [6.45, 7) is 6.17. The van der Waals surface area contributed by atoms with Gasteiger partial charge < -0.3 is 5.73 Å². The van der Waals surface area contributed by atoms with Gasteiger partial charge in [-0.05, 0) is 38.0 Å². The number of nitrogens with two attached hydrogens (primary N) is 1. The Kier molecular flexibility index (Phi) is 3.71. The average Bonchev–Trinajstić information content (AvgIpc) is 2.76. The molecule has 1 aromatic carbocycles. The van der Waals surface area contributed by atoms with E-state index < -0.39 is 10.0 Å². The molecule has 0 fully saturated rings. The molecule has 3 N–H and O–H groups in total. The third kappa shape index (κ3) is 2.77. The Bertz CT molecular complexity index is 735. The van der Waals surface area contributed by atoms with Crippen LogP contribution in [0.2, 0.25) is 0 Å². The number of anilines is 2. The number of aromatic nitrogens is 2. The number of aryl methyl sites for hydroxylation is 3. The number of sulfonamides is 1. The highest BCUT2D eigenvalue weighted by atomic mass is 32.2. The molecule has 1 heterocycles. The van der Waals surface area contributed by atoms with Crippen molar-refractivity contribution in [3.63, 3.8) is 0 Å². The highest BCUT2D eigenvalue weighted by molar-refractivity contribution is 7.92. The first-order valence-electron chi connectivity index (χ1n) is 6.26. The third-order valence-electron chi connectivity index (χ3n) is 3.01. The minimum Gasteiger partial charge on any atom is -0.381 e. The van der Waals surface area contributed by atoms with Gasteiger partial charge in [-0.3, -0.25) is 9.40 Å². The molecule has 0 saturated carbocycles. The first kappa shape index (κ1) is 14.4. The van der Waals surface area contributed by atoms with Gasteiger partial charge in [-0.1, -0.05) is 12.1 Å². The van der Waals surface area contributed by atoms with E-state index in [-0.39, 0.29) is 10.7 Å². The van der Waals surface area contributed by atoms with E-state index in [2.05, 4.69) is 9.82 Å². The lowest BCUT2D eigenvalue weighted by atomic mass is 10.1. The molecule has 0 unspecified atom stereocenters. The van der Waals surface area contributed by atoms with Crippen LogP contribution in [0, 0.1) is 13.8 Å². The highest BCUT2D eigenvalue weighted by Gasteiger charge is 2.21. The van der Waals surface area contributed by atoms with Gasteiger partial charge in [0.25, 0.3) is 10.0 Å². The number of rotatable bonds is 4. The number of nitrogen functional groups attached to an aromatic ring is 1. The Morgan fingerprint density at radius 1 is 1.35 bits per heavy atom. The molecule has 0 bridgehead atoms. The van der Waals surface area contributed by atoms with Crippen molar-refractivity contribution in [3.05, 3.63) is 35.5 Å². The van der Waals surface area contributed by atoms with Crippen molar-refractivity contribution < 1.29 is 8.42 Å². The quantitative estimate of drug-likeness (QED) is 0.901. The Balaban J connectivity index is 2.40. The Morgan fingerprint density at radius 3 is 2.65 bits per heavy atom. The molecular formula is C13H18N4O2S. The minimum atomic E-state index is -3.73. The van der Waals surface area contributed by atoms with Gasteiger partial charge >= 0.3 is 0 Å². The van der Waals surface area contributed by atoms with Crippen LogP contribution in [-0.2, 0) is 16.6 Å². The zero-order valence-corrected chi connectivity index (χ0v) is 12.5. The topological polar surface area (TPSA) is 90.0 Å². The van der Waals surface area contributed by atoms with Crippen LogP contribution < -0.4 is 10.5 Å². The van der Waals surface area contributed by atoms with Gasteiger partial charge in [-0.15, -0.1) is 0 Å². The van der Waals surface area contributed by atoms with E-state index in [9.17, 15) is 8.42 Å². The van der Waals surface area contributed by atoms with Crippen LogP contribution in [0.3, 0.4) is 0 Å². The molecule has 0 aliphatic carbocycles. The maximum Gasteiger partial charge on any atom is 0.267 e. The van der Waals surface area contributed by atoms with Crippen molar-refractivity contribution in [3.8, 4) is 0 Å². The van der Waals surface area contributed by atoms with Gasteiger partial charge in [0.1, 0.15) is 4.90 Å². The van der Waals surface area contributed by atoms with Crippen molar-refractivity contribution in [2.75, 3.05) is 10.5 Å². The van der Waals surface area contributed by atoms with Gasteiger partial charge in [0.2, 0.25) is 0 Å². The second-order valence-corrected chi connectivity index (χ2v) is 6.31. The number of hydrogen-bond acceptors (Lipinski definition) is 4. The van der Waals surface area contributed by atoms with E-state index in [1.54, 1.807) is 6.07 Å². The van der Waals surface area contributed by atoms with Crippen molar-refractivity contribution in [1.82, 2.24) is 9.78 Å².